The van der Waals surface area contributed by atoms with E-state index in [1.165, 1.54) is 32.1 Å². The van der Waals surface area contributed by atoms with Crippen molar-refractivity contribution in [2.75, 3.05) is 43.4 Å². The summed E-state index contributed by atoms with van der Waals surface area (Å²) in [6, 6.07) is 15.7. The van der Waals surface area contributed by atoms with Crippen molar-refractivity contribution in [1.82, 2.24) is 55.8 Å². The number of aromatic amines is 1. The largest absolute Gasteiger partial charge is 0.367 e. The Morgan fingerprint density at radius 3 is 2.49 bits per heavy atom. The second-order valence-corrected chi connectivity index (χ2v) is 15.3. The van der Waals surface area contributed by atoms with Gasteiger partial charge in [0.15, 0.2) is 0 Å². The van der Waals surface area contributed by atoms with Gasteiger partial charge in [-0.3, -0.25) is 14.3 Å². The molecule has 8 N–H and O–H groups in total. The number of fused-ring (bicyclic) bond motifs is 2. The van der Waals surface area contributed by atoms with Crippen LogP contribution in [0.4, 0.5) is 11.8 Å². The van der Waals surface area contributed by atoms with Crippen LogP contribution < -0.4 is 32.3 Å². The summed E-state index contributed by atoms with van der Waals surface area (Å²) in [5, 5.41) is 26.7. The fourth-order valence-electron chi connectivity index (χ4n) is 7.71. The number of carbonyl (C=O) groups is 2. The van der Waals surface area contributed by atoms with Crippen molar-refractivity contribution in [2.24, 2.45) is 5.73 Å². The molecule has 304 valence electrons. The van der Waals surface area contributed by atoms with Gasteiger partial charge in [0.25, 0.3) is 0 Å². The number of nitrogens with zero attached hydrogens (tertiary/aromatic N) is 7. The molecule has 4 heterocycles. The number of hydrogen-bond acceptors (Lipinski definition) is 12. The van der Waals surface area contributed by atoms with Gasteiger partial charge in [0, 0.05) is 43.5 Å². The molecule has 16 heteroatoms. The van der Waals surface area contributed by atoms with E-state index in [1.54, 1.807) is 0 Å². The van der Waals surface area contributed by atoms with Crippen LogP contribution in [0.15, 0.2) is 54.7 Å². The minimum absolute atomic E-state index is 0.00885. The zero-order chi connectivity index (χ0) is 39.2. The quantitative estimate of drug-likeness (QED) is 0.0563. The number of piperidine rings is 1. The molecule has 2 aliphatic rings. The Morgan fingerprint density at radius 2 is 1.65 bits per heavy atom. The monoisotopic (exact) mass is 778 g/mol. The van der Waals surface area contributed by atoms with Crippen LogP contribution in [0.2, 0.25) is 0 Å². The molecule has 16 nitrogen and oxygen atoms in total. The summed E-state index contributed by atoms with van der Waals surface area (Å²) in [4.78, 5) is 44.9. The van der Waals surface area contributed by atoms with Crippen molar-refractivity contribution in [2.45, 2.75) is 108 Å². The number of aromatic nitrogens is 7. The number of benzene rings is 2. The first kappa shape index (κ1) is 40.0. The van der Waals surface area contributed by atoms with Gasteiger partial charge in [-0.25, -0.2) is 9.97 Å². The number of aryl methyl sites for hydroxylation is 1. The van der Waals surface area contributed by atoms with Crippen molar-refractivity contribution in [3.05, 3.63) is 66.2 Å². The predicted molar refractivity (Wildman–Crippen MR) is 222 cm³/mol. The third-order valence-electron chi connectivity index (χ3n) is 11.0. The Morgan fingerprint density at radius 1 is 0.860 bits per heavy atom. The Kier molecular flexibility index (Phi) is 14.3. The highest BCUT2D eigenvalue weighted by Crippen LogP contribution is 2.25. The number of anilines is 2. The highest BCUT2D eigenvalue weighted by molar-refractivity contribution is 5.90. The number of carbonyl (C=O) groups excluding carboxylic acids is 2. The van der Waals surface area contributed by atoms with Crippen LogP contribution in [0, 0.1) is 0 Å². The Hall–Kier alpha value is -5.19. The molecule has 5 aromatic rings. The van der Waals surface area contributed by atoms with Crippen molar-refractivity contribution >= 4 is 45.5 Å². The van der Waals surface area contributed by atoms with E-state index in [2.05, 4.69) is 46.9 Å². The molecule has 0 bridgehead atoms. The van der Waals surface area contributed by atoms with Crippen LogP contribution in [0.3, 0.4) is 0 Å². The van der Waals surface area contributed by atoms with Crippen molar-refractivity contribution < 1.29 is 9.59 Å². The van der Waals surface area contributed by atoms with Gasteiger partial charge >= 0.3 is 0 Å². The van der Waals surface area contributed by atoms with Gasteiger partial charge in [0.1, 0.15) is 17.3 Å². The van der Waals surface area contributed by atoms with Crippen LogP contribution >= 0.6 is 0 Å². The maximum atomic E-state index is 13.1. The van der Waals surface area contributed by atoms with Gasteiger partial charge < -0.3 is 42.2 Å². The summed E-state index contributed by atoms with van der Waals surface area (Å²) in [6.45, 7) is 5.80. The summed E-state index contributed by atoms with van der Waals surface area (Å²) >= 11 is 0. The lowest BCUT2D eigenvalue weighted by atomic mass is 9.95. The van der Waals surface area contributed by atoms with Crippen molar-refractivity contribution in [3.63, 3.8) is 0 Å². The van der Waals surface area contributed by atoms with E-state index in [1.807, 2.05) is 64.3 Å². The van der Waals surface area contributed by atoms with E-state index in [0.717, 1.165) is 91.4 Å². The molecule has 7 rings (SSSR count). The van der Waals surface area contributed by atoms with E-state index in [4.69, 9.17) is 15.7 Å². The standard InChI is InChI=1S/C41H58N14O2/c42-33(40(57)45-27-37-48-35-14-6-7-15-36(35)49-37)16-17-38(56)54-24-18-30(19-25-54)47-39-32-12-4-5-13-34(32)50-41(51-39)46-26-31-28-55(53-52-31)23-9-21-43-20-8-22-44-29-10-2-1-3-11-29/h4-7,12-15,28-30,33,43-44H,1-3,8-11,16-27,42H2,(H,45,57)(H,48,49)(H2,46,47,50,51). The summed E-state index contributed by atoms with van der Waals surface area (Å²) in [7, 11) is 0. The van der Waals surface area contributed by atoms with Gasteiger partial charge in [-0.2, -0.15) is 4.98 Å². The van der Waals surface area contributed by atoms with Crippen LogP contribution in [-0.4, -0.2) is 102 Å². The van der Waals surface area contributed by atoms with E-state index in [9.17, 15) is 9.59 Å². The molecular formula is C41H58N14O2. The molecule has 57 heavy (non-hydrogen) atoms. The van der Waals surface area contributed by atoms with E-state index in [-0.39, 0.29) is 37.2 Å². The average molecular weight is 779 g/mol. The average Bonchev–Trinajstić information content (AvgIpc) is 3.89. The molecule has 0 spiro atoms. The molecule has 0 radical (unpaired) electrons. The van der Waals surface area contributed by atoms with Gasteiger partial charge in [0.2, 0.25) is 17.8 Å². The molecule has 1 atom stereocenters. The number of likely N-dealkylation sites (tertiary alicyclic amines) is 1. The molecule has 2 fully saturated rings. The smallest absolute Gasteiger partial charge is 0.237 e. The van der Waals surface area contributed by atoms with E-state index < -0.39 is 6.04 Å². The van der Waals surface area contributed by atoms with E-state index in [0.29, 0.717) is 31.4 Å². The number of H-pyrrole nitrogens is 1. The number of hydrogen-bond donors (Lipinski definition) is 7. The lowest BCUT2D eigenvalue weighted by Crippen LogP contribution is -2.44. The molecular weight excluding hydrogens is 721 g/mol. The summed E-state index contributed by atoms with van der Waals surface area (Å²) in [5.74, 6) is 1.64. The maximum absolute atomic E-state index is 13.1. The number of para-hydroxylation sites is 3. The molecule has 2 aromatic carbocycles. The topological polar surface area (TPSA) is 209 Å². The molecule has 1 saturated carbocycles. The first-order chi connectivity index (χ1) is 28.0. The molecule has 3 aromatic heterocycles. The van der Waals surface area contributed by atoms with Crippen LogP contribution in [0.5, 0.6) is 0 Å². The zero-order valence-electron chi connectivity index (χ0n) is 32.9. The second kappa shape index (κ2) is 20.3. The lowest BCUT2D eigenvalue weighted by molar-refractivity contribution is -0.132. The van der Waals surface area contributed by atoms with Gasteiger partial charge in [-0.1, -0.05) is 48.7 Å². The first-order valence-electron chi connectivity index (χ1n) is 20.8. The summed E-state index contributed by atoms with van der Waals surface area (Å²) in [5.41, 5.74) is 9.57. The third kappa shape index (κ3) is 11.7. The maximum Gasteiger partial charge on any atom is 0.237 e. The van der Waals surface area contributed by atoms with Crippen molar-refractivity contribution in [3.8, 4) is 0 Å². The highest BCUT2D eigenvalue weighted by Gasteiger charge is 2.25. The molecule has 1 aliphatic carbocycles. The van der Waals surface area contributed by atoms with Crippen LogP contribution in [0.25, 0.3) is 21.9 Å². The number of nitrogens with one attached hydrogen (secondary N) is 6. The summed E-state index contributed by atoms with van der Waals surface area (Å²) < 4.78 is 1.89. The summed E-state index contributed by atoms with van der Waals surface area (Å²) in [6.07, 6.45) is 12.9. The highest BCUT2D eigenvalue weighted by atomic mass is 16.2. The number of nitrogens with two attached hydrogens (primary N) is 1. The van der Waals surface area contributed by atoms with Gasteiger partial charge in [-0.05, 0) is 88.8 Å². The fraction of sp³-hybridized carbons (Fsp3) is 0.537. The Balaban J connectivity index is 0.806. The van der Waals surface area contributed by atoms with E-state index >= 15 is 0 Å². The number of imidazole rings is 1. The third-order valence-corrected chi connectivity index (χ3v) is 11.0. The van der Waals surface area contributed by atoms with Crippen LogP contribution in [0.1, 0.15) is 82.1 Å². The minimum Gasteiger partial charge on any atom is -0.367 e. The molecule has 2 amide bonds. The lowest BCUT2D eigenvalue weighted by Gasteiger charge is -2.33. The van der Waals surface area contributed by atoms with Gasteiger partial charge in [0.05, 0.1) is 41.9 Å². The number of amides is 2. The Bertz CT molecular complexity index is 2000. The predicted octanol–water partition coefficient (Wildman–Crippen LogP) is 3.83. The number of rotatable bonds is 20. The molecule has 1 aliphatic heterocycles. The zero-order valence-corrected chi connectivity index (χ0v) is 32.9. The minimum atomic E-state index is -0.779. The van der Waals surface area contributed by atoms with Crippen molar-refractivity contribution in [1.29, 1.82) is 0 Å². The molecule has 1 unspecified atom stereocenters. The normalized spacial score (nSPS) is 15.9. The molecule has 1 saturated heterocycles. The fourth-order valence-corrected chi connectivity index (χ4v) is 7.71. The van der Waals surface area contributed by atoms with Gasteiger partial charge in [-0.15, -0.1) is 5.10 Å². The Labute approximate surface area is 333 Å². The SMILES string of the molecule is NC(CCC(=O)N1CCC(Nc2nc(NCc3cn(CCCNCCCNC4CCCCC4)nn3)nc3ccccc23)CC1)C(=O)NCc1nc2ccccc2[nH]1. The van der Waals surface area contributed by atoms with Crippen LogP contribution in [-0.2, 0) is 29.2 Å². The first-order valence-corrected chi connectivity index (χ1v) is 20.8. The second-order valence-electron chi connectivity index (χ2n) is 15.3.